The van der Waals surface area contributed by atoms with Crippen molar-refractivity contribution in [3.63, 3.8) is 0 Å². The summed E-state index contributed by atoms with van der Waals surface area (Å²) >= 11 is 6.25. The Bertz CT molecular complexity index is 1010. The van der Waals surface area contributed by atoms with Crippen LogP contribution in [0.3, 0.4) is 0 Å². The lowest BCUT2D eigenvalue weighted by atomic mass is 10.00. The van der Waals surface area contributed by atoms with Crippen molar-refractivity contribution >= 4 is 39.1 Å². The summed E-state index contributed by atoms with van der Waals surface area (Å²) in [4.78, 5) is 4.87. The van der Waals surface area contributed by atoms with Crippen LogP contribution in [0.2, 0.25) is 5.02 Å². The molecule has 0 unspecified atom stereocenters. The highest BCUT2D eigenvalue weighted by molar-refractivity contribution is 6.31. The molecule has 0 saturated carbocycles. The summed E-state index contributed by atoms with van der Waals surface area (Å²) in [7, 11) is 0. The van der Waals surface area contributed by atoms with E-state index in [0.29, 0.717) is 0 Å². The SMILES string of the molecule is CCc1c(CC)n2c3ccccc3nc2c2cc(Cl)ccc12. The van der Waals surface area contributed by atoms with Crippen molar-refractivity contribution in [2.75, 3.05) is 0 Å². The highest BCUT2D eigenvalue weighted by Gasteiger charge is 2.16. The Labute approximate surface area is 134 Å². The van der Waals surface area contributed by atoms with E-state index in [1.807, 2.05) is 18.2 Å². The minimum absolute atomic E-state index is 0.757. The molecule has 2 heterocycles. The molecule has 4 rings (SSSR count). The third-order valence-electron chi connectivity index (χ3n) is 4.42. The monoisotopic (exact) mass is 308 g/mol. The van der Waals surface area contributed by atoms with E-state index in [2.05, 4.69) is 42.5 Å². The maximum absolute atomic E-state index is 6.25. The number of benzene rings is 2. The number of aryl methyl sites for hydroxylation is 2. The average molecular weight is 309 g/mol. The molecule has 110 valence electrons. The number of fused-ring (bicyclic) bond motifs is 5. The molecule has 0 N–H and O–H groups in total. The molecule has 4 aromatic rings. The van der Waals surface area contributed by atoms with Gasteiger partial charge in [-0.2, -0.15) is 0 Å². The molecule has 0 aliphatic carbocycles. The van der Waals surface area contributed by atoms with Crippen molar-refractivity contribution in [3.05, 3.63) is 58.7 Å². The summed E-state index contributed by atoms with van der Waals surface area (Å²) in [5.74, 6) is 0. The molecule has 0 bridgehead atoms. The van der Waals surface area contributed by atoms with Gasteiger partial charge in [-0.15, -0.1) is 0 Å². The lowest BCUT2D eigenvalue weighted by Crippen LogP contribution is -2.03. The van der Waals surface area contributed by atoms with Gasteiger partial charge in [0.05, 0.1) is 11.0 Å². The van der Waals surface area contributed by atoms with E-state index >= 15 is 0 Å². The van der Waals surface area contributed by atoms with Gasteiger partial charge >= 0.3 is 0 Å². The van der Waals surface area contributed by atoms with Crippen LogP contribution in [-0.4, -0.2) is 9.38 Å². The first-order valence-electron chi connectivity index (χ1n) is 7.74. The molecule has 22 heavy (non-hydrogen) atoms. The first-order chi connectivity index (χ1) is 10.7. The number of para-hydroxylation sites is 2. The number of pyridine rings is 1. The number of halogens is 1. The lowest BCUT2D eigenvalue weighted by molar-refractivity contribution is 0.952. The third kappa shape index (κ3) is 1.77. The lowest BCUT2D eigenvalue weighted by Gasteiger charge is -2.15. The summed E-state index contributed by atoms with van der Waals surface area (Å²) in [6.07, 6.45) is 1.99. The second kappa shape index (κ2) is 4.99. The summed E-state index contributed by atoms with van der Waals surface area (Å²) in [6, 6.07) is 14.5. The summed E-state index contributed by atoms with van der Waals surface area (Å²) in [5, 5.41) is 3.16. The number of hydrogen-bond donors (Lipinski definition) is 0. The molecule has 0 aliphatic rings. The second-order valence-corrected chi connectivity index (χ2v) is 6.02. The topological polar surface area (TPSA) is 17.3 Å². The van der Waals surface area contributed by atoms with E-state index in [0.717, 1.165) is 34.4 Å². The van der Waals surface area contributed by atoms with Gasteiger partial charge in [0.2, 0.25) is 0 Å². The first kappa shape index (κ1) is 13.6. The van der Waals surface area contributed by atoms with Crippen LogP contribution >= 0.6 is 11.6 Å². The van der Waals surface area contributed by atoms with Gasteiger partial charge < -0.3 is 0 Å². The van der Waals surface area contributed by atoms with Crippen molar-refractivity contribution < 1.29 is 0 Å². The molecule has 0 saturated heterocycles. The molecule has 0 spiro atoms. The van der Waals surface area contributed by atoms with Gasteiger partial charge in [-0.3, -0.25) is 4.40 Å². The number of nitrogens with zero attached hydrogens (tertiary/aromatic N) is 2. The summed E-state index contributed by atoms with van der Waals surface area (Å²) in [5.41, 5.74) is 5.95. The van der Waals surface area contributed by atoms with Crippen molar-refractivity contribution in [1.29, 1.82) is 0 Å². The largest absolute Gasteiger partial charge is 0.296 e. The fourth-order valence-corrected chi connectivity index (χ4v) is 3.67. The van der Waals surface area contributed by atoms with Crippen molar-refractivity contribution in [2.24, 2.45) is 0 Å². The zero-order valence-corrected chi connectivity index (χ0v) is 13.5. The van der Waals surface area contributed by atoms with Gasteiger partial charge in [0.15, 0.2) is 0 Å². The first-order valence-corrected chi connectivity index (χ1v) is 8.12. The Hall–Kier alpha value is -2.06. The van der Waals surface area contributed by atoms with E-state index in [9.17, 15) is 0 Å². The highest BCUT2D eigenvalue weighted by Crippen LogP contribution is 2.32. The van der Waals surface area contributed by atoms with Crippen LogP contribution in [0.4, 0.5) is 0 Å². The Kier molecular flexibility index (Phi) is 3.08. The molecular formula is C19H17ClN2. The van der Waals surface area contributed by atoms with Crippen LogP contribution in [0.5, 0.6) is 0 Å². The zero-order valence-electron chi connectivity index (χ0n) is 12.7. The predicted molar refractivity (Wildman–Crippen MR) is 94.0 cm³/mol. The van der Waals surface area contributed by atoms with E-state index in [4.69, 9.17) is 16.6 Å². The number of rotatable bonds is 2. The molecule has 0 amide bonds. The molecule has 3 heteroatoms. The van der Waals surface area contributed by atoms with Gasteiger partial charge in [0.25, 0.3) is 0 Å². The Balaban J connectivity index is 2.36. The maximum Gasteiger partial charge on any atom is 0.146 e. The van der Waals surface area contributed by atoms with Crippen LogP contribution < -0.4 is 0 Å². The van der Waals surface area contributed by atoms with Gasteiger partial charge in [-0.05, 0) is 48.1 Å². The number of hydrogen-bond acceptors (Lipinski definition) is 1. The molecule has 2 aromatic heterocycles. The van der Waals surface area contributed by atoms with Crippen LogP contribution in [0.15, 0.2) is 42.5 Å². The van der Waals surface area contributed by atoms with E-state index in [1.165, 1.54) is 22.2 Å². The van der Waals surface area contributed by atoms with Gasteiger partial charge in [-0.1, -0.05) is 43.6 Å². The van der Waals surface area contributed by atoms with Crippen LogP contribution in [0.25, 0.3) is 27.5 Å². The van der Waals surface area contributed by atoms with Crippen molar-refractivity contribution in [2.45, 2.75) is 26.7 Å². The van der Waals surface area contributed by atoms with Crippen LogP contribution in [0, 0.1) is 0 Å². The number of aromatic nitrogens is 2. The second-order valence-electron chi connectivity index (χ2n) is 5.58. The van der Waals surface area contributed by atoms with Crippen molar-refractivity contribution in [3.8, 4) is 0 Å². The summed E-state index contributed by atoms with van der Waals surface area (Å²) < 4.78 is 2.31. The standard InChI is InChI=1S/C19H17ClN2/c1-3-13-14-10-9-12(20)11-15(14)19-21-16-7-5-6-8-18(16)22(19)17(13)4-2/h5-11H,3-4H2,1-2H3. The van der Waals surface area contributed by atoms with E-state index in [-0.39, 0.29) is 0 Å². The van der Waals surface area contributed by atoms with E-state index in [1.54, 1.807) is 0 Å². The van der Waals surface area contributed by atoms with Gasteiger partial charge in [0.1, 0.15) is 5.65 Å². The molecule has 0 radical (unpaired) electrons. The fraction of sp³-hybridized carbons (Fsp3) is 0.211. The minimum atomic E-state index is 0.757. The average Bonchev–Trinajstić information content (AvgIpc) is 2.93. The number of imidazole rings is 1. The molecule has 2 aromatic carbocycles. The molecule has 0 aliphatic heterocycles. The van der Waals surface area contributed by atoms with Gasteiger partial charge in [0, 0.05) is 16.1 Å². The molecule has 2 nitrogen and oxygen atoms in total. The predicted octanol–water partition coefficient (Wildman–Crippen LogP) is 5.42. The maximum atomic E-state index is 6.25. The Morgan fingerprint density at radius 3 is 2.59 bits per heavy atom. The van der Waals surface area contributed by atoms with E-state index < -0.39 is 0 Å². The Morgan fingerprint density at radius 2 is 1.82 bits per heavy atom. The van der Waals surface area contributed by atoms with Crippen LogP contribution in [0.1, 0.15) is 25.1 Å². The minimum Gasteiger partial charge on any atom is -0.296 e. The molecular weight excluding hydrogens is 292 g/mol. The quantitative estimate of drug-likeness (QED) is 0.483. The van der Waals surface area contributed by atoms with Crippen LogP contribution in [-0.2, 0) is 12.8 Å². The molecule has 0 atom stereocenters. The van der Waals surface area contributed by atoms with Gasteiger partial charge in [-0.25, -0.2) is 4.98 Å². The smallest absolute Gasteiger partial charge is 0.146 e. The highest BCUT2D eigenvalue weighted by atomic mass is 35.5. The summed E-state index contributed by atoms with van der Waals surface area (Å²) in [6.45, 7) is 4.43. The van der Waals surface area contributed by atoms with Crippen molar-refractivity contribution in [1.82, 2.24) is 9.38 Å². The zero-order chi connectivity index (χ0) is 15.3. The fourth-order valence-electron chi connectivity index (χ4n) is 3.50. The Morgan fingerprint density at radius 1 is 1.00 bits per heavy atom. The molecule has 0 fully saturated rings. The third-order valence-corrected chi connectivity index (χ3v) is 4.65. The normalized spacial score (nSPS) is 11.8.